The average Bonchev–Trinajstić information content (AvgIpc) is 3.25. The molecule has 0 amide bonds. The Balaban J connectivity index is 1.34. The molecule has 5 rings (SSSR count). The number of hydrogen-bond acceptors (Lipinski definition) is 6. The third-order valence-electron chi connectivity index (χ3n) is 5.73. The predicted molar refractivity (Wildman–Crippen MR) is 123 cm³/mol. The standard InChI is InChI=1S/C24H23FN4OS/c1-30-21-8-7-17(13-20(21)25)14-28-9-11-29(12-10-28)23-22-19(18-5-3-2-4-6-18)15-31-24(22)27-16-26-23/h2-8,13,15-16H,9-12,14H2,1H3. The number of aromatic nitrogens is 2. The lowest BCUT2D eigenvalue weighted by Gasteiger charge is -2.35. The molecule has 0 saturated carbocycles. The molecule has 0 bridgehead atoms. The minimum Gasteiger partial charge on any atom is -0.494 e. The Kier molecular flexibility index (Phi) is 5.53. The number of nitrogens with zero attached hydrogens (tertiary/aromatic N) is 4. The van der Waals surface area contributed by atoms with Crippen molar-refractivity contribution in [1.29, 1.82) is 0 Å². The minimum absolute atomic E-state index is 0.284. The van der Waals surface area contributed by atoms with Crippen LogP contribution in [-0.4, -0.2) is 48.2 Å². The number of piperazine rings is 1. The van der Waals surface area contributed by atoms with Gasteiger partial charge in [-0.1, -0.05) is 36.4 Å². The Morgan fingerprint density at radius 1 is 1.03 bits per heavy atom. The van der Waals surface area contributed by atoms with Crippen LogP contribution in [0.25, 0.3) is 21.3 Å². The molecule has 0 spiro atoms. The first-order chi connectivity index (χ1) is 15.2. The second-order valence-electron chi connectivity index (χ2n) is 7.62. The summed E-state index contributed by atoms with van der Waals surface area (Å²) in [4.78, 5) is 14.9. The maximum atomic E-state index is 14.0. The lowest BCUT2D eigenvalue weighted by Crippen LogP contribution is -2.46. The molecule has 7 heteroatoms. The third-order valence-corrected chi connectivity index (χ3v) is 6.62. The van der Waals surface area contributed by atoms with E-state index in [-0.39, 0.29) is 11.6 Å². The first kappa shape index (κ1) is 19.9. The first-order valence-electron chi connectivity index (χ1n) is 10.3. The van der Waals surface area contributed by atoms with Crippen LogP contribution in [0.1, 0.15) is 5.56 Å². The summed E-state index contributed by atoms with van der Waals surface area (Å²) < 4.78 is 19.0. The van der Waals surface area contributed by atoms with E-state index in [0.29, 0.717) is 0 Å². The highest BCUT2D eigenvalue weighted by molar-refractivity contribution is 7.17. The number of thiophene rings is 1. The molecule has 0 radical (unpaired) electrons. The predicted octanol–water partition coefficient (Wildman–Crippen LogP) is 4.83. The van der Waals surface area contributed by atoms with Crippen molar-refractivity contribution in [1.82, 2.24) is 14.9 Å². The van der Waals surface area contributed by atoms with E-state index in [1.54, 1.807) is 29.8 Å². The van der Waals surface area contributed by atoms with E-state index in [1.807, 2.05) is 12.1 Å². The first-order valence-corrected chi connectivity index (χ1v) is 11.2. The molecule has 2 aromatic heterocycles. The Morgan fingerprint density at radius 2 is 1.84 bits per heavy atom. The molecule has 0 N–H and O–H groups in total. The van der Waals surface area contributed by atoms with E-state index in [1.165, 1.54) is 18.2 Å². The van der Waals surface area contributed by atoms with Crippen LogP contribution >= 0.6 is 11.3 Å². The molecule has 158 valence electrons. The summed E-state index contributed by atoms with van der Waals surface area (Å²) in [5.74, 6) is 0.972. The number of anilines is 1. The summed E-state index contributed by atoms with van der Waals surface area (Å²) in [7, 11) is 1.48. The molecule has 1 aliphatic heterocycles. The van der Waals surface area contributed by atoms with Gasteiger partial charge in [-0.25, -0.2) is 14.4 Å². The van der Waals surface area contributed by atoms with Crippen LogP contribution < -0.4 is 9.64 Å². The van der Waals surface area contributed by atoms with Gasteiger partial charge >= 0.3 is 0 Å². The van der Waals surface area contributed by atoms with Gasteiger partial charge in [0.15, 0.2) is 11.6 Å². The lowest BCUT2D eigenvalue weighted by molar-refractivity contribution is 0.249. The zero-order chi connectivity index (χ0) is 21.2. The number of ether oxygens (including phenoxy) is 1. The molecule has 5 nitrogen and oxygen atoms in total. The number of methoxy groups -OCH3 is 1. The molecule has 1 aliphatic rings. The Bertz CT molecular complexity index is 1190. The highest BCUT2D eigenvalue weighted by Crippen LogP contribution is 2.38. The Hall–Kier alpha value is -3.03. The van der Waals surface area contributed by atoms with Gasteiger partial charge < -0.3 is 9.64 Å². The summed E-state index contributed by atoms with van der Waals surface area (Å²) in [6.45, 7) is 4.25. The second-order valence-corrected chi connectivity index (χ2v) is 8.48. The molecule has 0 aliphatic carbocycles. The van der Waals surface area contributed by atoms with Crippen LogP contribution in [0.2, 0.25) is 0 Å². The number of fused-ring (bicyclic) bond motifs is 1. The summed E-state index contributed by atoms with van der Waals surface area (Å²) in [5.41, 5.74) is 3.33. The number of hydrogen-bond donors (Lipinski definition) is 0. The Labute approximate surface area is 184 Å². The number of rotatable bonds is 5. The van der Waals surface area contributed by atoms with Gasteiger partial charge in [0.1, 0.15) is 17.0 Å². The highest BCUT2D eigenvalue weighted by atomic mass is 32.1. The Morgan fingerprint density at radius 3 is 2.58 bits per heavy atom. The monoisotopic (exact) mass is 434 g/mol. The third kappa shape index (κ3) is 3.98. The van der Waals surface area contributed by atoms with Crippen molar-refractivity contribution in [2.75, 3.05) is 38.2 Å². The van der Waals surface area contributed by atoms with Gasteiger partial charge in [0, 0.05) is 43.7 Å². The van der Waals surface area contributed by atoms with Crippen molar-refractivity contribution >= 4 is 27.4 Å². The van der Waals surface area contributed by atoms with Crippen LogP contribution in [0.5, 0.6) is 5.75 Å². The molecule has 3 heterocycles. The van der Waals surface area contributed by atoms with Gasteiger partial charge in [-0.05, 0) is 23.3 Å². The largest absolute Gasteiger partial charge is 0.494 e. The zero-order valence-electron chi connectivity index (χ0n) is 17.3. The van der Waals surface area contributed by atoms with Crippen LogP contribution in [0, 0.1) is 5.82 Å². The van der Waals surface area contributed by atoms with Crippen LogP contribution in [0.4, 0.5) is 10.2 Å². The fourth-order valence-corrected chi connectivity index (χ4v) is 5.02. The zero-order valence-corrected chi connectivity index (χ0v) is 18.1. The molecular formula is C24H23FN4OS. The van der Waals surface area contributed by atoms with Gasteiger partial charge in [-0.2, -0.15) is 0 Å². The normalized spacial score (nSPS) is 14.8. The quantitative estimate of drug-likeness (QED) is 0.450. The van der Waals surface area contributed by atoms with Crippen molar-refractivity contribution < 1.29 is 9.13 Å². The molecule has 1 saturated heterocycles. The van der Waals surface area contributed by atoms with Gasteiger partial charge in [0.2, 0.25) is 0 Å². The smallest absolute Gasteiger partial charge is 0.165 e. The fourth-order valence-electron chi connectivity index (χ4n) is 4.11. The van der Waals surface area contributed by atoms with E-state index < -0.39 is 0 Å². The summed E-state index contributed by atoms with van der Waals surface area (Å²) >= 11 is 1.66. The maximum absolute atomic E-state index is 14.0. The van der Waals surface area contributed by atoms with Crippen molar-refractivity contribution in [3.63, 3.8) is 0 Å². The molecular weight excluding hydrogens is 411 g/mol. The SMILES string of the molecule is COc1ccc(CN2CCN(c3ncnc4scc(-c5ccccc5)c34)CC2)cc1F. The van der Waals surface area contributed by atoms with Crippen LogP contribution in [-0.2, 0) is 6.54 Å². The van der Waals surface area contributed by atoms with E-state index >= 15 is 0 Å². The van der Waals surface area contributed by atoms with Gasteiger partial charge in [-0.15, -0.1) is 11.3 Å². The van der Waals surface area contributed by atoms with E-state index in [2.05, 4.69) is 49.4 Å². The van der Waals surface area contributed by atoms with Crippen molar-refractivity contribution in [2.45, 2.75) is 6.54 Å². The van der Waals surface area contributed by atoms with Gasteiger partial charge in [-0.3, -0.25) is 4.90 Å². The number of benzene rings is 2. The van der Waals surface area contributed by atoms with E-state index in [4.69, 9.17) is 4.74 Å². The molecule has 1 fully saturated rings. The number of halogens is 1. The van der Waals surface area contributed by atoms with Crippen molar-refractivity contribution in [2.24, 2.45) is 0 Å². The summed E-state index contributed by atoms with van der Waals surface area (Å²) in [6.07, 6.45) is 1.66. The lowest BCUT2D eigenvalue weighted by atomic mass is 10.1. The van der Waals surface area contributed by atoms with Crippen LogP contribution in [0.3, 0.4) is 0 Å². The second kappa shape index (κ2) is 8.61. The van der Waals surface area contributed by atoms with Gasteiger partial charge in [0.05, 0.1) is 12.5 Å². The summed E-state index contributed by atoms with van der Waals surface area (Å²) in [6, 6.07) is 15.6. The molecule has 4 aromatic rings. The molecule has 31 heavy (non-hydrogen) atoms. The highest BCUT2D eigenvalue weighted by Gasteiger charge is 2.22. The van der Waals surface area contributed by atoms with Crippen molar-refractivity contribution in [3.8, 4) is 16.9 Å². The van der Waals surface area contributed by atoms with E-state index in [0.717, 1.165) is 54.3 Å². The van der Waals surface area contributed by atoms with Gasteiger partial charge in [0.25, 0.3) is 0 Å². The maximum Gasteiger partial charge on any atom is 0.165 e. The minimum atomic E-state index is -0.312. The van der Waals surface area contributed by atoms with Crippen molar-refractivity contribution in [3.05, 3.63) is 71.6 Å². The molecule has 2 aromatic carbocycles. The van der Waals surface area contributed by atoms with E-state index in [9.17, 15) is 4.39 Å². The summed E-state index contributed by atoms with van der Waals surface area (Å²) in [5, 5.41) is 3.30. The van der Waals surface area contributed by atoms with Crippen LogP contribution in [0.15, 0.2) is 60.2 Å². The fraction of sp³-hybridized carbons (Fsp3) is 0.250. The average molecular weight is 435 g/mol. The topological polar surface area (TPSA) is 41.5 Å². The molecule has 0 unspecified atom stereocenters. The molecule has 0 atom stereocenters.